The molecule has 110 valence electrons. The SMILES string of the molecule is O=C(O)CNc1c(Cl)cc(OCc2ccccc2)cc1Cl. The molecule has 0 unspecified atom stereocenters. The Hall–Kier alpha value is -1.91. The van der Waals surface area contributed by atoms with Crippen molar-refractivity contribution in [3.8, 4) is 5.75 Å². The van der Waals surface area contributed by atoms with Gasteiger partial charge in [-0.25, -0.2) is 0 Å². The smallest absolute Gasteiger partial charge is 0.322 e. The lowest BCUT2D eigenvalue weighted by Gasteiger charge is -2.12. The number of benzene rings is 2. The molecule has 0 saturated heterocycles. The molecule has 0 radical (unpaired) electrons. The van der Waals surface area contributed by atoms with Crippen LogP contribution >= 0.6 is 23.2 Å². The molecule has 6 heteroatoms. The van der Waals surface area contributed by atoms with Gasteiger partial charge in [0.15, 0.2) is 0 Å². The Morgan fingerprint density at radius 1 is 1.14 bits per heavy atom. The molecule has 2 rings (SSSR count). The Kier molecular flexibility index (Phi) is 5.31. The molecule has 21 heavy (non-hydrogen) atoms. The Morgan fingerprint density at radius 2 is 1.76 bits per heavy atom. The fourth-order valence-electron chi connectivity index (χ4n) is 1.71. The summed E-state index contributed by atoms with van der Waals surface area (Å²) in [4.78, 5) is 10.5. The summed E-state index contributed by atoms with van der Waals surface area (Å²) in [6.07, 6.45) is 0. The molecule has 0 heterocycles. The highest BCUT2D eigenvalue weighted by Crippen LogP contribution is 2.35. The molecule has 4 nitrogen and oxygen atoms in total. The van der Waals surface area contributed by atoms with Crippen LogP contribution in [0.3, 0.4) is 0 Å². The number of nitrogens with one attached hydrogen (secondary N) is 1. The topological polar surface area (TPSA) is 58.6 Å². The highest BCUT2D eigenvalue weighted by molar-refractivity contribution is 6.39. The quantitative estimate of drug-likeness (QED) is 0.840. The predicted octanol–water partition coefficient (Wildman–Crippen LogP) is 4.07. The first-order chi connectivity index (χ1) is 10.1. The van der Waals surface area contributed by atoms with Crippen LogP contribution in [0.5, 0.6) is 5.75 Å². The van der Waals surface area contributed by atoms with E-state index in [1.54, 1.807) is 12.1 Å². The summed E-state index contributed by atoms with van der Waals surface area (Å²) in [6, 6.07) is 12.9. The van der Waals surface area contributed by atoms with Crippen molar-refractivity contribution < 1.29 is 14.6 Å². The van der Waals surface area contributed by atoms with Crippen LogP contribution in [0.15, 0.2) is 42.5 Å². The van der Waals surface area contributed by atoms with Crippen LogP contribution in [0.25, 0.3) is 0 Å². The van der Waals surface area contributed by atoms with Crippen LogP contribution in [-0.4, -0.2) is 17.6 Å². The average molecular weight is 326 g/mol. The van der Waals surface area contributed by atoms with E-state index in [1.807, 2.05) is 30.3 Å². The van der Waals surface area contributed by atoms with E-state index in [2.05, 4.69) is 5.32 Å². The molecule has 0 aromatic heterocycles. The highest BCUT2D eigenvalue weighted by atomic mass is 35.5. The zero-order valence-electron chi connectivity index (χ0n) is 11.0. The second kappa shape index (κ2) is 7.20. The third-order valence-electron chi connectivity index (χ3n) is 2.68. The van der Waals surface area contributed by atoms with Crippen LogP contribution in [0.2, 0.25) is 10.0 Å². The van der Waals surface area contributed by atoms with Gasteiger partial charge in [-0.15, -0.1) is 0 Å². The number of halogens is 2. The Balaban J connectivity index is 2.07. The lowest BCUT2D eigenvalue weighted by Crippen LogP contribution is -2.12. The zero-order valence-corrected chi connectivity index (χ0v) is 12.5. The maximum atomic E-state index is 10.5. The third kappa shape index (κ3) is 4.55. The minimum atomic E-state index is -0.994. The minimum Gasteiger partial charge on any atom is -0.489 e. The average Bonchev–Trinajstić information content (AvgIpc) is 2.45. The second-order valence-electron chi connectivity index (χ2n) is 4.28. The molecule has 0 bridgehead atoms. The van der Waals surface area contributed by atoms with Gasteiger partial charge in [0.1, 0.15) is 18.9 Å². The van der Waals surface area contributed by atoms with Gasteiger partial charge >= 0.3 is 5.97 Å². The number of ether oxygens (including phenoxy) is 1. The van der Waals surface area contributed by atoms with Crippen molar-refractivity contribution in [2.24, 2.45) is 0 Å². The van der Waals surface area contributed by atoms with E-state index in [4.69, 9.17) is 33.0 Å². The van der Waals surface area contributed by atoms with E-state index in [9.17, 15) is 4.79 Å². The third-order valence-corrected chi connectivity index (χ3v) is 3.28. The van der Waals surface area contributed by atoms with Gasteiger partial charge in [-0.1, -0.05) is 53.5 Å². The van der Waals surface area contributed by atoms with E-state index in [1.165, 1.54) is 0 Å². The standard InChI is InChI=1S/C15H13Cl2NO3/c16-12-6-11(21-9-10-4-2-1-3-5-10)7-13(17)15(12)18-8-14(19)20/h1-7,18H,8-9H2,(H,19,20). The molecular weight excluding hydrogens is 313 g/mol. The molecular formula is C15H13Cl2NO3. The van der Waals surface area contributed by atoms with Crippen LogP contribution in [-0.2, 0) is 11.4 Å². The number of rotatable bonds is 6. The van der Waals surface area contributed by atoms with Crippen LogP contribution in [0.1, 0.15) is 5.56 Å². The number of carboxylic acid groups (broad SMARTS) is 1. The molecule has 0 aliphatic heterocycles. The summed E-state index contributed by atoms with van der Waals surface area (Å²) < 4.78 is 5.62. The van der Waals surface area contributed by atoms with Gasteiger partial charge in [-0.2, -0.15) is 0 Å². The fraction of sp³-hybridized carbons (Fsp3) is 0.133. The van der Waals surface area contributed by atoms with Crippen molar-refractivity contribution in [2.45, 2.75) is 6.61 Å². The van der Waals surface area contributed by atoms with Crippen molar-refractivity contribution in [1.82, 2.24) is 0 Å². The van der Waals surface area contributed by atoms with E-state index in [0.29, 0.717) is 28.1 Å². The number of carbonyl (C=O) groups is 1. The Morgan fingerprint density at radius 3 is 2.33 bits per heavy atom. The number of carboxylic acids is 1. The summed E-state index contributed by atoms with van der Waals surface area (Å²) in [7, 11) is 0. The van der Waals surface area contributed by atoms with Crippen molar-refractivity contribution in [3.05, 3.63) is 58.1 Å². The number of anilines is 1. The summed E-state index contributed by atoms with van der Waals surface area (Å²) in [5.74, 6) is -0.471. The molecule has 0 aliphatic carbocycles. The first-order valence-electron chi connectivity index (χ1n) is 6.17. The van der Waals surface area contributed by atoms with E-state index in [0.717, 1.165) is 5.56 Å². The lowest BCUT2D eigenvalue weighted by molar-refractivity contribution is -0.134. The van der Waals surface area contributed by atoms with Gasteiger partial charge in [0.25, 0.3) is 0 Å². The highest BCUT2D eigenvalue weighted by Gasteiger charge is 2.10. The maximum absolute atomic E-state index is 10.5. The predicted molar refractivity (Wildman–Crippen MR) is 83.4 cm³/mol. The lowest BCUT2D eigenvalue weighted by atomic mass is 10.2. The van der Waals surface area contributed by atoms with Gasteiger partial charge in [0.05, 0.1) is 15.7 Å². The van der Waals surface area contributed by atoms with Crippen molar-refractivity contribution >= 4 is 34.9 Å². The first kappa shape index (κ1) is 15.5. The number of hydrogen-bond donors (Lipinski definition) is 2. The molecule has 0 fully saturated rings. The van der Waals surface area contributed by atoms with Crippen LogP contribution < -0.4 is 10.1 Å². The van der Waals surface area contributed by atoms with Crippen LogP contribution in [0.4, 0.5) is 5.69 Å². The van der Waals surface area contributed by atoms with E-state index in [-0.39, 0.29) is 6.54 Å². The minimum absolute atomic E-state index is 0.260. The van der Waals surface area contributed by atoms with E-state index >= 15 is 0 Å². The van der Waals surface area contributed by atoms with Crippen molar-refractivity contribution in [1.29, 1.82) is 0 Å². The van der Waals surface area contributed by atoms with Gasteiger partial charge in [-0.3, -0.25) is 4.79 Å². The Bertz CT molecular complexity index is 609. The monoisotopic (exact) mass is 325 g/mol. The van der Waals surface area contributed by atoms with Gasteiger partial charge in [0.2, 0.25) is 0 Å². The fourth-order valence-corrected chi connectivity index (χ4v) is 2.31. The second-order valence-corrected chi connectivity index (χ2v) is 5.10. The van der Waals surface area contributed by atoms with Crippen molar-refractivity contribution in [2.75, 3.05) is 11.9 Å². The van der Waals surface area contributed by atoms with E-state index < -0.39 is 5.97 Å². The summed E-state index contributed by atoms with van der Waals surface area (Å²) in [5.41, 5.74) is 1.41. The normalized spacial score (nSPS) is 10.2. The largest absolute Gasteiger partial charge is 0.489 e. The van der Waals surface area contributed by atoms with Crippen molar-refractivity contribution in [3.63, 3.8) is 0 Å². The molecule has 0 aliphatic rings. The molecule has 0 saturated carbocycles. The molecule has 0 atom stereocenters. The molecule has 2 aromatic carbocycles. The summed E-state index contributed by atoms with van der Waals surface area (Å²) >= 11 is 12.2. The molecule has 2 aromatic rings. The summed E-state index contributed by atoms with van der Waals surface area (Å²) in [5, 5.41) is 11.9. The number of aliphatic carboxylic acids is 1. The molecule has 2 N–H and O–H groups in total. The zero-order chi connectivity index (χ0) is 15.2. The maximum Gasteiger partial charge on any atom is 0.322 e. The van der Waals surface area contributed by atoms with Gasteiger partial charge in [-0.05, 0) is 5.56 Å². The van der Waals surface area contributed by atoms with Crippen LogP contribution in [0, 0.1) is 0 Å². The molecule has 0 spiro atoms. The number of hydrogen-bond acceptors (Lipinski definition) is 3. The Labute approximate surface area is 132 Å². The van der Waals surface area contributed by atoms with Gasteiger partial charge in [0, 0.05) is 12.1 Å². The first-order valence-corrected chi connectivity index (χ1v) is 6.93. The van der Waals surface area contributed by atoms with Gasteiger partial charge < -0.3 is 15.2 Å². The summed E-state index contributed by atoms with van der Waals surface area (Å²) in [6.45, 7) is 0.138. The molecule has 0 amide bonds.